The third-order valence-electron chi connectivity index (χ3n) is 5.97. The van der Waals surface area contributed by atoms with E-state index in [9.17, 15) is 5.11 Å². The standard InChI is InChI=1S/C21H28N6O3/c28-17-4-8-26(9-5-17)20-3-7-23-21(25-20)27-11-18-19(12-27)30-14-16(13-29-18)24-15-2-1-6-22-10-15/h1-3,6-7,10,16-19,24,28H,4-5,8-9,11-14H2/t18-,19-/m0/s1. The topological polar surface area (TPSA) is 95.9 Å². The average Bonchev–Trinajstić information content (AvgIpc) is 3.11. The van der Waals surface area contributed by atoms with Gasteiger partial charge in [0.15, 0.2) is 0 Å². The van der Waals surface area contributed by atoms with Crippen LogP contribution in [0.2, 0.25) is 0 Å². The molecule has 2 atom stereocenters. The Morgan fingerprint density at radius 2 is 1.77 bits per heavy atom. The summed E-state index contributed by atoms with van der Waals surface area (Å²) in [5, 5.41) is 13.2. The number of nitrogens with one attached hydrogen (secondary N) is 1. The lowest BCUT2D eigenvalue weighted by Gasteiger charge is -2.31. The number of aliphatic hydroxyl groups is 1. The Bertz CT molecular complexity index is 817. The first-order chi connectivity index (χ1) is 14.7. The van der Waals surface area contributed by atoms with Crippen molar-refractivity contribution < 1.29 is 14.6 Å². The summed E-state index contributed by atoms with van der Waals surface area (Å²) in [6.45, 7) is 4.24. The van der Waals surface area contributed by atoms with Crippen molar-refractivity contribution in [3.8, 4) is 0 Å². The molecule has 0 unspecified atom stereocenters. The fraction of sp³-hybridized carbons (Fsp3) is 0.571. The molecule has 0 bridgehead atoms. The maximum absolute atomic E-state index is 9.74. The third-order valence-corrected chi connectivity index (χ3v) is 5.97. The van der Waals surface area contributed by atoms with E-state index in [2.05, 4.69) is 25.1 Å². The zero-order chi connectivity index (χ0) is 20.3. The second-order valence-corrected chi connectivity index (χ2v) is 8.16. The Labute approximate surface area is 176 Å². The summed E-state index contributed by atoms with van der Waals surface area (Å²) in [5.41, 5.74) is 0.971. The highest BCUT2D eigenvalue weighted by molar-refractivity contribution is 5.45. The Morgan fingerprint density at radius 3 is 2.47 bits per heavy atom. The van der Waals surface area contributed by atoms with Crippen LogP contribution in [-0.4, -0.2) is 83.8 Å². The number of rotatable bonds is 4. The molecular weight excluding hydrogens is 384 g/mol. The summed E-state index contributed by atoms with van der Waals surface area (Å²) in [7, 11) is 0. The third kappa shape index (κ3) is 4.33. The van der Waals surface area contributed by atoms with Gasteiger partial charge in [-0.25, -0.2) is 4.98 Å². The molecule has 2 N–H and O–H groups in total. The highest BCUT2D eigenvalue weighted by Crippen LogP contribution is 2.26. The van der Waals surface area contributed by atoms with Crippen molar-refractivity contribution in [1.82, 2.24) is 15.0 Å². The van der Waals surface area contributed by atoms with Crippen molar-refractivity contribution >= 4 is 17.5 Å². The van der Waals surface area contributed by atoms with Crippen molar-refractivity contribution in [3.05, 3.63) is 36.8 Å². The maximum Gasteiger partial charge on any atom is 0.227 e. The Kier molecular flexibility index (Phi) is 5.65. The van der Waals surface area contributed by atoms with Crippen LogP contribution in [0, 0.1) is 0 Å². The molecule has 5 rings (SSSR count). The van der Waals surface area contributed by atoms with Gasteiger partial charge in [0, 0.05) is 44.8 Å². The molecule has 0 radical (unpaired) electrons. The summed E-state index contributed by atoms with van der Waals surface area (Å²) in [6.07, 6.45) is 6.75. The van der Waals surface area contributed by atoms with Crippen molar-refractivity contribution in [2.75, 3.05) is 54.5 Å². The highest BCUT2D eigenvalue weighted by atomic mass is 16.6. The Balaban J connectivity index is 1.19. The molecular formula is C21H28N6O3. The van der Waals surface area contributed by atoms with Crippen LogP contribution in [0.5, 0.6) is 0 Å². The van der Waals surface area contributed by atoms with E-state index in [0.29, 0.717) is 32.3 Å². The summed E-state index contributed by atoms with van der Waals surface area (Å²) < 4.78 is 12.4. The first-order valence-electron chi connectivity index (χ1n) is 10.7. The van der Waals surface area contributed by atoms with Gasteiger partial charge in [-0.1, -0.05) is 0 Å². The van der Waals surface area contributed by atoms with Gasteiger partial charge in [0.2, 0.25) is 5.95 Å². The van der Waals surface area contributed by atoms with Crippen LogP contribution in [-0.2, 0) is 9.47 Å². The zero-order valence-electron chi connectivity index (χ0n) is 16.9. The SMILES string of the molecule is OC1CCN(c2ccnc(N3C[C@@H]4OCC(Nc5cccnc5)CO[C@H]4C3)n2)CC1. The van der Waals surface area contributed by atoms with E-state index in [-0.39, 0.29) is 24.4 Å². The Morgan fingerprint density at radius 1 is 1.00 bits per heavy atom. The van der Waals surface area contributed by atoms with Crippen molar-refractivity contribution in [2.45, 2.75) is 37.2 Å². The molecule has 2 aromatic heterocycles. The van der Waals surface area contributed by atoms with Crippen LogP contribution in [0.1, 0.15) is 12.8 Å². The molecule has 3 aliphatic rings. The molecule has 3 aliphatic heterocycles. The number of hydrogen-bond acceptors (Lipinski definition) is 9. The van der Waals surface area contributed by atoms with Gasteiger partial charge >= 0.3 is 0 Å². The molecule has 9 nitrogen and oxygen atoms in total. The summed E-state index contributed by atoms with van der Waals surface area (Å²) in [4.78, 5) is 17.8. The van der Waals surface area contributed by atoms with E-state index in [1.807, 2.05) is 24.4 Å². The highest BCUT2D eigenvalue weighted by Gasteiger charge is 2.38. The molecule has 0 saturated carbocycles. The van der Waals surface area contributed by atoms with Crippen LogP contribution in [0.25, 0.3) is 0 Å². The van der Waals surface area contributed by atoms with E-state index < -0.39 is 0 Å². The molecule has 9 heteroatoms. The average molecular weight is 412 g/mol. The van der Waals surface area contributed by atoms with E-state index in [0.717, 1.165) is 37.4 Å². The smallest absolute Gasteiger partial charge is 0.227 e. The quantitative estimate of drug-likeness (QED) is 0.760. The van der Waals surface area contributed by atoms with Gasteiger partial charge in [-0.3, -0.25) is 4.98 Å². The van der Waals surface area contributed by atoms with E-state index in [4.69, 9.17) is 14.5 Å². The summed E-state index contributed by atoms with van der Waals surface area (Å²) in [5.74, 6) is 1.63. The minimum Gasteiger partial charge on any atom is -0.393 e. The van der Waals surface area contributed by atoms with Crippen LogP contribution in [0.4, 0.5) is 17.5 Å². The van der Waals surface area contributed by atoms with Crippen molar-refractivity contribution in [3.63, 3.8) is 0 Å². The lowest BCUT2D eigenvalue weighted by Crippen LogP contribution is -2.36. The van der Waals surface area contributed by atoms with E-state index in [1.165, 1.54) is 0 Å². The van der Waals surface area contributed by atoms with Crippen molar-refractivity contribution in [2.24, 2.45) is 0 Å². The molecule has 3 saturated heterocycles. The fourth-order valence-electron chi connectivity index (χ4n) is 4.28. The molecule has 3 fully saturated rings. The van der Waals surface area contributed by atoms with E-state index in [1.54, 1.807) is 12.4 Å². The largest absolute Gasteiger partial charge is 0.393 e. The zero-order valence-corrected chi connectivity index (χ0v) is 16.9. The van der Waals surface area contributed by atoms with Gasteiger partial charge in [0.25, 0.3) is 0 Å². The second kappa shape index (κ2) is 8.71. The van der Waals surface area contributed by atoms with E-state index >= 15 is 0 Å². The molecule has 160 valence electrons. The summed E-state index contributed by atoms with van der Waals surface area (Å²) >= 11 is 0. The predicted octanol–water partition coefficient (Wildman–Crippen LogP) is 0.917. The van der Waals surface area contributed by atoms with Crippen LogP contribution in [0.15, 0.2) is 36.8 Å². The minimum atomic E-state index is -0.195. The van der Waals surface area contributed by atoms with Gasteiger partial charge in [0.1, 0.15) is 18.0 Å². The van der Waals surface area contributed by atoms with Gasteiger partial charge < -0.3 is 29.7 Å². The Hall–Kier alpha value is -2.49. The van der Waals surface area contributed by atoms with Gasteiger partial charge in [-0.2, -0.15) is 4.98 Å². The molecule has 0 aromatic carbocycles. The molecule has 5 heterocycles. The maximum atomic E-state index is 9.74. The number of aromatic nitrogens is 3. The first-order valence-corrected chi connectivity index (χ1v) is 10.7. The number of nitrogens with zero attached hydrogens (tertiary/aromatic N) is 5. The van der Waals surface area contributed by atoms with Crippen LogP contribution < -0.4 is 15.1 Å². The monoisotopic (exact) mass is 412 g/mol. The van der Waals surface area contributed by atoms with Crippen LogP contribution in [0.3, 0.4) is 0 Å². The van der Waals surface area contributed by atoms with Gasteiger partial charge in [-0.05, 0) is 31.0 Å². The lowest BCUT2D eigenvalue weighted by molar-refractivity contribution is -0.00461. The van der Waals surface area contributed by atoms with Gasteiger partial charge in [-0.15, -0.1) is 0 Å². The molecule has 0 spiro atoms. The molecule has 30 heavy (non-hydrogen) atoms. The first kappa shape index (κ1) is 19.5. The molecule has 0 amide bonds. The summed E-state index contributed by atoms with van der Waals surface area (Å²) in [6, 6.07) is 5.94. The number of piperidine rings is 1. The number of pyridine rings is 1. The number of aliphatic hydroxyl groups excluding tert-OH is 1. The predicted molar refractivity (Wildman–Crippen MR) is 113 cm³/mol. The van der Waals surface area contributed by atoms with Crippen LogP contribution >= 0.6 is 0 Å². The number of fused-ring (bicyclic) bond motifs is 1. The lowest BCUT2D eigenvalue weighted by atomic mass is 10.1. The number of anilines is 3. The van der Waals surface area contributed by atoms with Crippen molar-refractivity contribution in [1.29, 1.82) is 0 Å². The molecule has 0 aliphatic carbocycles. The normalized spacial score (nSPS) is 25.8. The number of ether oxygens (including phenoxy) is 2. The minimum absolute atomic E-state index is 0.00286. The number of hydrogen-bond donors (Lipinski definition) is 2. The molecule has 2 aromatic rings. The van der Waals surface area contributed by atoms with Gasteiger partial charge in [0.05, 0.1) is 31.0 Å². The second-order valence-electron chi connectivity index (χ2n) is 8.16. The fourth-order valence-corrected chi connectivity index (χ4v) is 4.28.